The van der Waals surface area contributed by atoms with Gasteiger partial charge >= 0.3 is 0 Å². The molecule has 11 aromatic rings. The molecule has 0 radical (unpaired) electrons. The maximum atomic E-state index is 6.64. The quantitative estimate of drug-likeness (QED) is 0.166. The van der Waals surface area contributed by atoms with E-state index in [2.05, 4.69) is 196 Å². The van der Waals surface area contributed by atoms with Crippen LogP contribution in [-0.2, 0) is 5.41 Å². The number of benzene rings is 10. The van der Waals surface area contributed by atoms with Crippen molar-refractivity contribution < 1.29 is 4.42 Å². The summed E-state index contributed by atoms with van der Waals surface area (Å²) in [5.74, 6) is 0. The molecule has 0 N–H and O–H groups in total. The van der Waals surface area contributed by atoms with Gasteiger partial charge in [0, 0.05) is 21.6 Å². The lowest BCUT2D eigenvalue weighted by Crippen LogP contribution is -2.15. The van der Waals surface area contributed by atoms with Crippen molar-refractivity contribution in [3.8, 4) is 44.5 Å². The Bertz CT molecular complexity index is 3390. The van der Waals surface area contributed by atoms with Crippen molar-refractivity contribution in [2.45, 2.75) is 19.3 Å². The summed E-state index contributed by atoms with van der Waals surface area (Å²) in [5.41, 5.74) is 14.5. The standard InChI is InChI=1S/C55H36O/c1-55(2)48-32-37(25-26-41(48)46-28-29-49-52(53(46)55)47-27-24-34-13-5-6-17-40(34)54(47)56-49)36-15-11-16-38(31-36)50-42-18-7-9-20-44(42)51(45-21-10-8-19-43(45)50)39-23-22-33-12-3-4-14-35(33)30-39/h3-32H,1-2H3. The molecule has 0 saturated carbocycles. The molecule has 1 aliphatic carbocycles. The molecule has 1 aliphatic rings. The van der Waals surface area contributed by atoms with E-state index >= 15 is 0 Å². The molecule has 1 nitrogen and oxygen atoms in total. The van der Waals surface area contributed by atoms with Crippen LogP contribution in [0.15, 0.2) is 186 Å². The normalized spacial score (nSPS) is 13.3. The Labute approximate surface area is 325 Å². The number of hydrogen-bond donors (Lipinski definition) is 0. The van der Waals surface area contributed by atoms with Gasteiger partial charge in [-0.05, 0) is 124 Å². The maximum absolute atomic E-state index is 6.64. The Kier molecular flexibility index (Phi) is 6.46. The molecular formula is C55H36O. The van der Waals surface area contributed by atoms with Gasteiger partial charge < -0.3 is 4.42 Å². The van der Waals surface area contributed by atoms with Crippen molar-refractivity contribution in [2.75, 3.05) is 0 Å². The van der Waals surface area contributed by atoms with Crippen LogP contribution in [0.4, 0.5) is 0 Å². The zero-order valence-corrected chi connectivity index (χ0v) is 31.2. The van der Waals surface area contributed by atoms with Crippen molar-refractivity contribution in [1.82, 2.24) is 0 Å². The molecule has 1 aromatic heterocycles. The van der Waals surface area contributed by atoms with Crippen LogP contribution in [-0.4, -0.2) is 0 Å². The highest BCUT2D eigenvalue weighted by Crippen LogP contribution is 2.54. The Morgan fingerprint density at radius 1 is 0.375 bits per heavy atom. The SMILES string of the molecule is CC1(C)c2cc(-c3cccc(-c4c5ccccc5c(-c5ccc6ccccc6c5)c5ccccc45)c3)ccc2-c2ccc3oc4c5ccccc5ccc4c3c21. The van der Waals surface area contributed by atoms with Crippen LogP contribution in [0.5, 0.6) is 0 Å². The molecule has 12 rings (SSSR count). The monoisotopic (exact) mass is 712 g/mol. The molecule has 262 valence electrons. The zero-order valence-electron chi connectivity index (χ0n) is 31.2. The summed E-state index contributed by atoms with van der Waals surface area (Å²) < 4.78 is 6.64. The van der Waals surface area contributed by atoms with Gasteiger partial charge in [-0.2, -0.15) is 0 Å². The van der Waals surface area contributed by atoms with Crippen LogP contribution >= 0.6 is 0 Å². The zero-order chi connectivity index (χ0) is 37.1. The highest BCUT2D eigenvalue weighted by molar-refractivity contribution is 6.22. The molecule has 0 amide bonds. The fraction of sp³-hybridized carbons (Fsp3) is 0.0545. The van der Waals surface area contributed by atoms with Crippen LogP contribution in [0.1, 0.15) is 25.0 Å². The van der Waals surface area contributed by atoms with Crippen molar-refractivity contribution in [3.63, 3.8) is 0 Å². The van der Waals surface area contributed by atoms with E-state index in [1.807, 2.05) is 0 Å². The topological polar surface area (TPSA) is 13.1 Å². The van der Waals surface area contributed by atoms with Crippen LogP contribution < -0.4 is 0 Å². The van der Waals surface area contributed by atoms with E-state index in [1.165, 1.54) is 104 Å². The van der Waals surface area contributed by atoms with Crippen molar-refractivity contribution in [3.05, 3.63) is 193 Å². The van der Waals surface area contributed by atoms with Crippen LogP contribution in [0.2, 0.25) is 0 Å². The second-order valence-electron chi connectivity index (χ2n) is 16.0. The average Bonchev–Trinajstić information content (AvgIpc) is 3.74. The molecule has 0 saturated heterocycles. The molecule has 0 spiro atoms. The first-order chi connectivity index (χ1) is 27.5. The second kappa shape index (κ2) is 11.5. The van der Waals surface area contributed by atoms with Crippen LogP contribution in [0.25, 0.3) is 110 Å². The predicted octanol–water partition coefficient (Wildman–Crippen LogP) is 15.5. The summed E-state index contributed by atoms with van der Waals surface area (Å²) in [7, 11) is 0. The van der Waals surface area contributed by atoms with E-state index in [0.29, 0.717) is 0 Å². The van der Waals surface area contributed by atoms with Gasteiger partial charge in [0.25, 0.3) is 0 Å². The highest BCUT2D eigenvalue weighted by atomic mass is 16.3. The fourth-order valence-corrected chi connectivity index (χ4v) is 10.0. The van der Waals surface area contributed by atoms with E-state index in [0.717, 1.165) is 16.6 Å². The van der Waals surface area contributed by atoms with E-state index in [4.69, 9.17) is 4.42 Å². The number of furan rings is 1. The Morgan fingerprint density at radius 2 is 0.929 bits per heavy atom. The van der Waals surface area contributed by atoms with Crippen molar-refractivity contribution >= 4 is 65.0 Å². The first-order valence-corrected chi connectivity index (χ1v) is 19.6. The lowest BCUT2D eigenvalue weighted by Gasteiger charge is -2.23. The fourth-order valence-electron chi connectivity index (χ4n) is 10.0. The third-order valence-corrected chi connectivity index (χ3v) is 12.6. The Hall–Kier alpha value is -6.96. The number of rotatable bonds is 3. The number of hydrogen-bond acceptors (Lipinski definition) is 1. The minimum absolute atomic E-state index is 0.217. The van der Waals surface area contributed by atoms with Gasteiger partial charge in [-0.1, -0.05) is 166 Å². The highest BCUT2D eigenvalue weighted by Gasteiger charge is 2.38. The Balaban J connectivity index is 1.01. The van der Waals surface area contributed by atoms with E-state index in [1.54, 1.807) is 0 Å². The first kappa shape index (κ1) is 31.4. The molecule has 56 heavy (non-hydrogen) atoms. The third-order valence-electron chi connectivity index (χ3n) is 12.6. The molecule has 0 fully saturated rings. The smallest absolute Gasteiger partial charge is 0.143 e. The lowest BCUT2D eigenvalue weighted by atomic mass is 9.79. The summed E-state index contributed by atoms with van der Waals surface area (Å²) in [6.07, 6.45) is 0. The summed E-state index contributed by atoms with van der Waals surface area (Å²) in [6.45, 7) is 4.76. The summed E-state index contributed by atoms with van der Waals surface area (Å²) in [5, 5.41) is 12.4. The molecular weight excluding hydrogens is 677 g/mol. The van der Waals surface area contributed by atoms with Gasteiger partial charge in [-0.25, -0.2) is 0 Å². The van der Waals surface area contributed by atoms with E-state index < -0.39 is 0 Å². The van der Waals surface area contributed by atoms with Crippen LogP contribution in [0, 0.1) is 0 Å². The summed E-state index contributed by atoms with van der Waals surface area (Å²) in [6, 6.07) is 67.1. The van der Waals surface area contributed by atoms with Gasteiger partial charge in [0.2, 0.25) is 0 Å². The van der Waals surface area contributed by atoms with Crippen molar-refractivity contribution in [2.24, 2.45) is 0 Å². The van der Waals surface area contributed by atoms with Gasteiger partial charge in [0.15, 0.2) is 0 Å². The minimum Gasteiger partial charge on any atom is -0.455 e. The molecule has 0 atom stereocenters. The molecule has 10 aromatic carbocycles. The number of fused-ring (bicyclic) bond motifs is 12. The van der Waals surface area contributed by atoms with Gasteiger partial charge in [0.1, 0.15) is 11.2 Å². The summed E-state index contributed by atoms with van der Waals surface area (Å²) >= 11 is 0. The molecule has 0 bridgehead atoms. The summed E-state index contributed by atoms with van der Waals surface area (Å²) in [4.78, 5) is 0. The first-order valence-electron chi connectivity index (χ1n) is 19.6. The van der Waals surface area contributed by atoms with E-state index in [-0.39, 0.29) is 5.41 Å². The Morgan fingerprint density at radius 3 is 1.66 bits per heavy atom. The van der Waals surface area contributed by atoms with Gasteiger partial charge in [0.05, 0.1) is 0 Å². The van der Waals surface area contributed by atoms with E-state index in [9.17, 15) is 0 Å². The second-order valence-corrected chi connectivity index (χ2v) is 16.0. The molecule has 1 heteroatoms. The van der Waals surface area contributed by atoms with Gasteiger partial charge in [-0.3, -0.25) is 0 Å². The largest absolute Gasteiger partial charge is 0.455 e. The van der Waals surface area contributed by atoms with Crippen molar-refractivity contribution in [1.29, 1.82) is 0 Å². The predicted molar refractivity (Wildman–Crippen MR) is 238 cm³/mol. The minimum atomic E-state index is -0.217. The molecule has 1 heterocycles. The van der Waals surface area contributed by atoms with Gasteiger partial charge in [-0.15, -0.1) is 0 Å². The lowest BCUT2D eigenvalue weighted by molar-refractivity contribution is 0.658. The third kappa shape index (κ3) is 4.37. The molecule has 0 aliphatic heterocycles. The molecule has 0 unspecified atom stereocenters. The maximum Gasteiger partial charge on any atom is 0.143 e. The average molecular weight is 713 g/mol. The van der Waals surface area contributed by atoms with Crippen LogP contribution in [0.3, 0.4) is 0 Å².